The van der Waals surface area contributed by atoms with Gasteiger partial charge in [-0.25, -0.2) is 0 Å². The van der Waals surface area contributed by atoms with Gasteiger partial charge in [-0.2, -0.15) is 0 Å². The monoisotopic (exact) mass is 420 g/mol. The van der Waals surface area contributed by atoms with Crippen LogP contribution in [0, 0.1) is 0 Å². The summed E-state index contributed by atoms with van der Waals surface area (Å²) in [6.45, 7) is 4.60. The Morgan fingerprint density at radius 3 is 2.04 bits per heavy atom. The van der Waals surface area contributed by atoms with E-state index in [1.807, 2.05) is 80.6 Å². The number of allylic oxidation sites excluding steroid dienone is 1. The highest BCUT2D eigenvalue weighted by atomic mass is 79.9. The molecular formula is C24H25BrN2. The molecule has 2 N–H and O–H groups in total. The third kappa shape index (κ3) is 6.54. The first-order chi connectivity index (χ1) is 13.2. The van der Waals surface area contributed by atoms with Gasteiger partial charge in [-0.05, 0) is 34.9 Å². The molecule has 3 aromatic rings. The summed E-state index contributed by atoms with van der Waals surface area (Å²) in [5, 5.41) is 0. The summed E-state index contributed by atoms with van der Waals surface area (Å²) in [7, 11) is 0. The van der Waals surface area contributed by atoms with Gasteiger partial charge < -0.3 is 5.73 Å². The summed E-state index contributed by atoms with van der Waals surface area (Å²) in [5.41, 5.74) is 11.1. The molecule has 138 valence electrons. The van der Waals surface area contributed by atoms with Gasteiger partial charge in [0.2, 0.25) is 0 Å². The van der Waals surface area contributed by atoms with E-state index < -0.39 is 0 Å². The quantitative estimate of drug-likeness (QED) is 0.472. The Kier molecular flexibility index (Phi) is 8.53. The number of hydrogen-bond donors (Lipinski definition) is 1. The molecule has 0 bridgehead atoms. The number of benzene rings is 3. The number of nitrogens with two attached hydrogens (primary N) is 1. The van der Waals surface area contributed by atoms with E-state index in [9.17, 15) is 0 Å². The van der Waals surface area contributed by atoms with Crippen LogP contribution in [-0.2, 0) is 6.54 Å². The Labute approximate surface area is 170 Å². The van der Waals surface area contributed by atoms with E-state index in [1.165, 1.54) is 0 Å². The summed E-state index contributed by atoms with van der Waals surface area (Å²) >= 11 is 3.50. The summed E-state index contributed by atoms with van der Waals surface area (Å²) in [5.74, 6) is 0. The van der Waals surface area contributed by atoms with Crippen LogP contribution in [0.4, 0.5) is 0 Å². The first kappa shape index (κ1) is 20.7. The number of rotatable bonds is 5. The van der Waals surface area contributed by atoms with E-state index in [1.54, 1.807) is 0 Å². The van der Waals surface area contributed by atoms with Crippen LogP contribution in [0.5, 0.6) is 0 Å². The molecule has 0 spiro atoms. The summed E-state index contributed by atoms with van der Waals surface area (Å²) in [6, 6.07) is 28.3. The Morgan fingerprint density at radius 2 is 1.44 bits per heavy atom. The molecule has 27 heavy (non-hydrogen) atoms. The van der Waals surface area contributed by atoms with Gasteiger partial charge in [-0.15, -0.1) is 0 Å². The second-order valence-corrected chi connectivity index (χ2v) is 6.58. The Balaban J connectivity index is 0.00000126. The van der Waals surface area contributed by atoms with E-state index in [0.29, 0.717) is 12.2 Å². The molecule has 0 atom stereocenters. The van der Waals surface area contributed by atoms with E-state index in [2.05, 4.69) is 40.2 Å². The van der Waals surface area contributed by atoms with Gasteiger partial charge in [0, 0.05) is 10.2 Å². The van der Waals surface area contributed by atoms with Gasteiger partial charge >= 0.3 is 0 Å². The summed E-state index contributed by atoms with van der Waals surface area (Å²) < 4.78 is 1.06. The van der Waals surface area contributed by atoms with Gasteiger partial charge in [0.05, 0.1) is 12.3 Å². The largest absolute Gasteiger partial charge is 0.398 e. The first-order valence-corrected chi connectivity index (χ1v) is 9.88. The fourth-order valence-corrected chi connectivity index (χ4v) is 2.95. The topological polar surface area (TPSA) is 38.4 Å². The van der Waals surface area contributed by atoms with Crippen molar-refractivity contribution in [3.63, 3.8) is 0 Å². The van der Waals surface area contributed by atoms with Gasteiger partial charge in [-0.3, -0.25) is 4.99 Å². The van der Waals surface area contributed by atoms with Crippen molar-refractivity contribution in [1.82, 2.24) is 0 Å². The molecule has 2 nitrogen and oxygen atoms in total. The van der Waals surface area contributed by atoms with Crippen molar-refractivity contribution in [3.05, 3.63) is 112 Å². The zero-order valence-electron chi connectivity index (χ0n) is 15.8. The molecule has 0 unspecified atom stereocenters. The van der Waals surface area contributed by atoms with Crippen molar-refractivity contribution in [2.45, 2.75) is 20.4 Å². The fourth-order valence-electron chi connectivity index (χ4n) is 2.50. The van der Waals surface area contributed by atoms with Crippen molar-refractivity contribution >= 4 is 27.3 Å². The van der Waals surface area contributed by atoms with Crippen molar-refractivity contribution in [3.8, 4) is 0 Å². The van der Waals surface area contributed by atoms with Crippen molar-refractivity contribution in [1.29, 1.82) is 0 Å². The van der Waals surface area contributed by atoms with E-state index in [4.69, 9.17) is 10.7 Å². The zero-order valence-corrected chi connectivity index (χ0v) is 17.4. The SMILES string of the molecule is CC.N/C(=C\C(=NCc1cccc(Br)c1)c1ccccc1)c1ccccc1. The van der Waals surface area contributed by atoms with Gasteiger partial charge in [0.1, 0.15) is 0 Å². The van der Waals surface area contributed by atoms with Crippen LogP contribution in [0.3, 0.4) is 0 Å². The summed E-state index contributed by atoms with van der Waals surface area (Å²) in [6.07, 6.45) is 1.95. The normalized spacial score (nSPS) is 11.5. The minimum Gasteiger partial charge on any atom is -0.398 e. The van der Waals surface area contributed by atoms with E-state index in [0.717, 1.165) is 26.9 Å². The van der Waals surface area contributed by atoms with Crippen molar-refractivity contribution in [2.24, 2.45) is 10.7 Å². The molecule has 0 aliphatic carbocycles. The predicted octanol–water partition coefficient (Wildman–Crippen LogP) is 6.46. The highest BCUT2D eigenvalue weighted by Crippen LogP contribution is 2.15. The molecule has 0 aliphatic rings. The Morgan fingerprint density at radius 1 is 0.852 bits per heavy atom. The van der Waals surface area contributed by atoms with Gasteiger partial charge in [0.25, 0.3) is 0 Å². The molecule has 0 radical (unpaired) electrons. The van der Waals surface area contributed by atoms with Crippen LogP contribution in [0.25, 0.3) is 5.70 Å². The maximum atomic E-state index is 6.30. The van der Waals surface area contributed by atoms with Crippen LogP contribution in [-0.4, -0.2) is 5.71 Å². The number of hydrogen-bond acceptors (Lipinski definition) is 2. The lowest BCUT2D eigenvalue weighted by Gasteiger charge is -2.06. The molecule has 3 rings (SSSR count). The van der Waals surface area contributed by atoms with Crippen LogP contribution < -0.4 is 5.73 Å². The van der Waals surface area contributed by atoms with Gasteiger partial charge in [0.15, 0.2) is 0 Å². The molecule has 0 aromatic heterocycles. The minimum atomic E-state index is 0.599. The Hall–Kier alpha value is -2.65. The smallest absolute Gasteiger partial charge is 0.0671 e. The number of nitrogens with zero attached hydrogens (tertiary/aromatic N) is 1. The lowest BCUT2D eigenvalue weighted by atomic mass is 10.1. The standard InChI is InChI=1S/C22H19BrN2.C2H6/c23-20-13-7-8-17(14-20)16-25-22(19-11-5-2-6-12-19)15-21(24)18-9-3-1-4-10-18;1-2/h1-15H,16,24H2;1-2H3/b21-15-,25-22?;. The lowest BCUT2D eigenvalue weighted by Crippen LogP contribution is -2.04. The average Bonchev–Trinajstić information content (AvgIpc) is 2.74. The summed E-state index contributed by atoms with van der Waals surface area (Å²) in [4.78, 5) is 4.81. The maximum absolute atomic E-state index is 6.30. The Bertz CT molecular complexity index is 885. The highest BCUT2D eigenvalue weighted by Gasteiger charge is 2.03. The minimum absolute atomic E-state index is 0.599. The van der Waals surface area contributed by atoms with E-state index >= 15 is 0 Å². The molecule has 0 aliphatic heterocycles. The molecule has 0 heterocycles. The van der Waals surface area contributed by atoms with Crippen LogP contribution in [0.15, 0.2) is 100 Å². The van der Waals surface area contributed by atoms with Crippen LogP contribution in [0.1, 0.15) is 30.5 Å². The highest BCUT2D eigenvalue weighted by molar-refractivity contribution is 9.10. The number of aliphatic imine (C=N–C) groups is 1. The molecular weight excluding hydrogens is 396 g/mol. The molecule has 3 heteroatoms. The third-order valence-corrected chi connectivity index (χ3v) is 4.28. The zero-order chi connectivity index (χ0) is 19.5. The number of halogens is 1. The molecule has 3 aromatic carbocycles. The van der Waals surface area contributed by atoms with Gasteiger partial charge in [-0.1, -0.05) is 103 Å². The third-order valence-electron chi connectivity index (χ3n) is 3.79. The van der Waals surface area contributed by atoms with Crippen LogP contribution >= 0.6 is 15.9 Å². The first-order valence-electron chi connectivity index (χ1n) is 9.09. The lowest BCUT2D eigenvalue weighted by molar-refractivity contribution is 1.07. The predicted molar refractivity (Wildman–Crippen MR) is 121 cm³/mol. The average molecular weight is 421 g/mol. The second kappa shape index (κ2) is 11.1. The molecule has 0 amide bonds. The molecule has 0 fully saturated rings. The maximum Gasteiger partial charge on any atom is 0.0671 e. The fraction of sp³-hybridized carbons (Fsp3) is 0.125. The molecule has 0 saturated carbocycles. The van der Waals surface area contributed by atoms with Crippen LogP contribution in [0.2, 0.25) is 0 Å². The van der Waals surface area contributed by atoms with Crippen molar-refractivity contribution < 1.29 is 0 Å². The van der Waals surface area contributed by atoms with Crippen molar-refractivity contribution in [2.75, 3.05) is 0 Å². The second-order valence-electron chi connectivity index (χ2n) is 5.66. The molecule has 0 saturated heterocycles. The van der Waals surface area contributed by atoms with E-state index in [-0.39, 0.29) is 0 Å².